The van der Waals surface area contributed by atoms with Crippen LogP contribution in [0.4, 0.5) is 5.82 Å². The lowest BCUT2D eigenvalue weighted by molar-refractivity contribution is 0.100. The third kappa shape index (κ3) is 4.51. The van der Waals surface area contributed by atoms with E-state index in [4.69, 9.17) is 16.2 Å². The summed E-state index contributed by atoms with van der Waals surface area (Å²) in [5, 5.41) is 22.6. The number of methoxy groups -OCH3 is 1. The molecule has 0 saturated heterocycles. The lowest BCUT2D eigenvalue weighted by atomic mass is 9.80. The molecule has 0 aliphatic carbocycles. The van der Waals surface area contributed by atoms with E-state index in [-0.39, 0.29) is 6.54 Å². The number of rotatable bonds is 8. The highest BCUT2D eigenvalue weighted by atomic mass is 16.5. The monoisotopic (exact) mass is 446 g/mol. The summed E-state index contributed by atoms with van der Waals surface area (Å²) in [6.07, 6.45) is 0. The predicted molar refractivity (Wildman–Crippen MR) is 125 cm³/mol. The molecular formula is C22H23BN6O4. The van der Waals surface area contributed by atoms with E-state index in [0.29, 0.717) is 51.8 Å². The first kappa shape index (κ1) is 22.3. The second kappa shape index (κ2) is 9.29. The van der Waals surface area contributed by atoms with Crippen molar-refractivity contribution in [1.29, 1.82) is 0 Å². The number of aromatic nitrogens is 3. The molecule has 0 spiro atoms. The first-order valence-electron chi connectivity index (χ1n) is 10.2. The van der Waals surface area contributed by atoms with Gasteiger partial charge < -0.3 is 31.6 Å². The van der Waals surface area contributed by atoms with Crippen LogP contribution in [-0.4, -0.2) is 44.7 Å². The quantitative estimate of drug-likeness (QED) is 0.241. The molecule has 4 rings (SSSR count). The summed E-state index contributed by atoms with van der Waals surface area (Å²) in [4.78, 5) is 21.0. The molecule has 0 unspecified atom stereocenters. The molecule has 2 aromatic heterocycles. The average Bonchev–Trinajstić information content (AvgIpc) is 3.21. The molecule has 0 aliphatic heterocycles. The number of hydrogen-bond donors (Lipinski definition) is 5. The fourth-order valence-electron chi connectivity index (χ4n) is 3.65. The summed E-state index contributed by atoms with van der Waals surface area (Å²) < 4.78 is 7.13. The minimum Gasteiger partial charge on any atom is -0.481 e. The smallest absolute Gasteiger partial charge is 0.481 e. The molecule has 0 fully saturated rings. The van der Waals surface area contributed by atoms with Crippen LogP contribution >= 0.6 is 0 Å². The number of nitrogens with one attached hydrogen (secondary N) is 1. The van der Waals surface area contributed by atoms with Crippen LogP contribution in [0.3, 0.4) is 0 Å². The van der Waals surface area contributed by atoms with Gasteiger partial charge in [0.05, 0.1) is 12.6 Å². The molecule has 0 aliphatic rings. The summed E-state index contributed by atoms with van der Waals surface area (Å²) >= 11 is 0. The highest BCUT2D eigenvalue weighted by Crippen LogP contribution is 2.27. The number of ether oxygens (including phenoxy) is 1. The summed E-state index contributed by atoms with van der Waals surface area (Å²) in [6.45, 7) is 0.564. The topological polar surface area (TPSA) is 162 Å². The Morgan fingerprint density at radius 3 is 2.64 bits per heavy atom. The minimum absolute atomic E-state index is 0.187. The standard InChI is InChI=1S/C22H23BN6O4/c1-33-20-10-19(26-12-13-4-2-5-14(8-13)23(31)32)27-22(28-20)29-15(11-24)9-17-16(21(25)30)6-3-7-18(17)29/h2-10,31-32H,11-12,24H2,1H3,(H2,25,30)(H,26,27,28). The van der Waals surface area contributed by atoms with E-state index in [2.05, 4.69) is 15.3 Å². The van der Waals surface area contributed by atoms with Crippen molar-refractivity contribution in [2.45, 2.75) is 13.1 Å². The van der Waals surface area contributed by atoms with Crippen LogP contribution in [0.1, 0.15) is 21.6 Å². The molecule has 0 radical (unpaired) electrons. The van der Waals surface area contributed by atoms with Crippen LogP contribution < -0.4 is 27.0 Å². The first-order valence-corrected chi connectivity index (χ1v) is 10.2. The van der Waals surface area contributed by atoms with Crippen LogP contribution in [-0.2, 0) is 13.1 Å². The fourth-order valence-corrected chi connectivity index (χ4v) is 3.65. The molecule has 2 heterocycles. The molecule has 1 amide bonds. The minimum atomic E-state index is -1.54. The van der Waals surface area contributed by atoms with Gasteiger partial charge in [0, 0.05) is 35.8 Å². The number of carbonyl (C=O) groups is 1. The number of hydrogen-bond acceptors (Lipinski definition) is 8. The lowest BCUT2D eigenvalue weighted by Gasteiger charge is -2.13. The van der Waals surface area contributed by atoms with Crippen molar-refractivity contribution in [2.75, 3.05) is 12.4 Å². The number of carbonyl (C=O) groups excluding carboxylic acids is 1. The maximum atomic E-state index is 11.9. The third-order valence-corrected chi connectivity index (χ3v) is 5.22. The molecule has 7 N–H and O–H groups in total. The van der Waals surface area contributed by atoms with Crippen LogP contribution in [0, 0.1) is 0 Å². The number of nitrogens with zero attached hydrogens (tertiary/aromatic N) is 3. The molecule has 11 heteroatoms. The Bertz CT molecular complexity index is 1320. The largest absolute Gasteiger partial charge is 0.488 e. The van der Waals surface area contributed by atoms with E-state index in [1.807, 2.05) is 12.1 Å². The van der Waals surface area contributed by atoms with Crippen molar-refractivity contribution in [1.82, 2.24) is 14.5 Å². The number of nitrogens with two attached hydrogens (primary N) is 2. The van der Waals surface area contributed by atoms with Gasteiger partial charge in [-0.05, 0) is 29.2 Å². The Morgan fingerprint density at radius 2 is 1.94 bits per heavy atom. The predicted octanol–water partition coefficient (Wildman–Crippen LogP) is 0.279. The molecule has 4 aromatic rings. The Kier molecular flexibility index (Phi) is 6.27. The Labute approximate surface area is 190 Å². The van der Waals surface area contributed by atoms with Gasteiger partial charge in [0.1, 0.15) is 5.82 Å². The van der Waals surface area contributed by atoms with Crippen LogP contribution in [0.2, 0.25) is 0 Å². The van der Waals surface area contributed by atoms with Gasteiger partial charge in [-0.1, -0.05) is 30.3 Å². The fraction of sp³-hybridized carbons (Fsp3) is 0.136. The van der Waals surface area contributed by atoms with Gasteiger partial charge in [-0.25, -0.2) is 0 Å². The molecule has 0 bridgehead atoms. The van der Waals surface area contributed by atoms with Crippen LogP contribution in [0.15, 0.2) is 54.6 Å². The van der Waals surface area contributed by atoms with Crippen molar-refractivity contribution < 1.29 is 19.6 Å². The molecule has 0 atom stereocenters. The highest BCUT2D eigenvalue weighted by Gasteiger charge is 2.18. The molecule has 33 heavy (non-hydrogen) atoms. The third-order valence-electron chi connectivity index (χ3n) is 5.22. The SMILES string of the molecule is COc1cc(NCc2cccc(B(O)O)c2)nc(-n2c(CN)cc3c(C(N)=O)cccc32)n1. The molecule has 168 valence electrons. The van der Waals surface area contributed by atoms with E-state index >= 15 is 0 Å². The van der Waals surface area contributed by atoms with Crippen LogP contribution in [0.25, 0.3) is 16.9 Å². The molecule has 10 nitrogen and oxygen atoms in total. The molecule has 0 saturated carbocycles. The summed E-state index contributed by atoms with van der Waals surface area (Å²) in [7, 11) is -0.0390. The second-order valence-electron chi connectivity index (χ2n) is 7.35. The van der Waals surface area contributed by atoms with Crippen molar-refractivity contribution in [3.63, 3.8) is 0 Å². The molecule has 2 aromatic carbocycles. The van der Waals surface area contributed by atoms with Crippen molar-refractivity contribution in [2.24, 2.45) is 11.5 Å². The number of fused-ring (bicyclic) bond motifs is 1. The Morgan fingerprint density at radius 1 is 1.15 bits per heavy atom. The highest BCUT2D eigenvalue weighted by molar-refractivity contribution is 6.58. The van der Waals surface area contributed by atoms with Crippen LogP contribution in [0.5, 0.6) is 5.88 Å². The van der Waals surface area contributed by atoms with Gasteiger partial charge in [-0.3, -0.25) is 9.36 Å². The van der Waals surface area contributed by atoms with Crippen molar-refractivity contribution >= 4 is 35.2 Å². The zero-order valence-electron chi connectivity index (χ0n) is 17.9. The number of amides is 1. The summed E-state index contributed by atoms with van der Waals surface area (Å²) in [5.41, 5.74) is 14.5. The van der Waals surface area contributed by atoms with Gasteiger partial charge in [0.15, 0.2) is 0 Å². The first-order chi connectivity index (χ1) is 15.9. The Balaban J connectivity index is 1.75. The van der Waals surface area contributed by atoms with Gasteiger partial charge >= 0.3 is 7.12 Å². The van der Waals surface area contributed by atoms with Gasteiger partial charge in [0.2, 0.25) is 17.7 Å². The number of benzene rings is 2. The van der Waals surface area contributed by atoms with E-state index < -0.39 is 13.0 Å². The van der Waals surface area contributed by atoms with Crippen molar-refractivity contribution in [3.8, 4) is 11.8 Å². The average molecular weight is 446 g/mol. The number of primary amides is 1. The van der Waals surface area contributed by atoms with Gasteiger partial charge in [0.25, 0.3) is 0 Å². The zero-order chi connectivity index (χ0) is 23.5. The van der Waals surface area contributed by atoms with E-state index in [0.717, 1.165) is 5.56 Å². The van der Waals surface area contributed by atoms with Crippen molar-refractivity contribution in [3.05, 3.63) is 71.4 Å². The second-order valence-corrected chi connectivity index (χ2v) is 7.35. The zero-order valence-corrected chi connectivity index (χ0v) is 17.9. The summed E-state index contributed by atoms with van der Waals surface area (Å²) in [6, 6.07) is 15.6. The molecular weight excluding hydrogens is 423 g/mol. The normalized spacial score (nSPS) is 10.9. The Hall–Kier alpha value is -3.93. The maximum absolute atomic E-state index is 11.9. The lowest BCUT2D eigenvalue weighted by Crippen LogP contribution is -2.30. The van der Waals surface area contributed by atoms with E-state index in [9.17, 15) is 14.8 Å². The van der Waals surface area contributed by atoms with Gasteiger partial charge in [-0.2, -0.15) is 9.97 Å². The number of anilines is 1. The summed E-state index contributed by atoms with van der Waals surface area (Å²) in [5.74, 6) is 0.597. The van der Waals surface area contributed by atoms with E-state index in [1.54, 1.807) is 47.0 Å². The maximum Gasteiger partial charge on any atom is 0.488 e. The van der Waals surface area contributed by atoms with E-state index in [1.165, 1.54) is 7.11 Å². The van der Waals surface area contributed by atoms with Gasteiger partial charge in [-0.15, -0.1) is 0 Å².